The zero-order chi connectivity index (χ0) is 13.1. The van der Waals surface area contributed by atoms with Crippen molar-refractivity contribution in [3.63, 3.8) is 0 Å². The number of aliphatic hydroxyl groups excluding tert-OH is 1. The fourth-order valence-electron chi connectivity index (χ4n) is 1.52. The number of hydrogen-bond acceptors (Lipinski definition) is 5. The number of rotatable bonds is 4. The SMILES string of the molecule is Cc1noc(COc2ccc(Br)cc2[C@H](C)O)n1. The molecule has 0 saturated carbocycles. The van der Waals surface area contributed by atoms with Crippen molar-refractivity contribution in [1.82, 2.24) is 10.1 Å². The molecule has 1 aromatic carbocycles. The molecule has 0 saturated heterocycles. The van der Waals surface area contributed by atoms with Crippen LogP contribution < -0.4 is 4.74 Å². The highest BCUT2D eigenvalue weighted by Gasteiger charge is 2.11. The van der Waals surface area contributed by atoms with Crippen LogP contribution in [-0.4, -0.2) is 15.2 Å². The Hall–Kier alpha value is -1.40. The lowest BCUT2D eigenvalue weighted by atomic mass is 10.1. The molecule has 0 amide bonds. The van der Waals surface area contributed by atoms with E-state index in [0.717, 1.165) is 4.47 Å². The Kier molecular flexibility index (Phi) is 3.98. The first kappa shape index (κ1) is 13.0. The molecule has 96 valence electrons. The van der Waals surface area contributed by atoms with E-state index in [-0.39, 0.29) is 6.61 Å². The van der Waals surface area contributed by atoms with Crippen molar-refractivity contribution in [1.29, 1.82) is 0 Å². The Morgan fingerprint density at radius 3 is 2.89 bits per heavy atom. The summed E-state index contributed by atoms with van der Waals surface area (Å²) in [7, 11) is 0. The Bertz CT molecular complexity index is 540. The number of benzene rings is 1. The van der Waals surface area contributed by atoms with Gasteiger partial charge in [-0.25, -0.2) is 0 Å². The third-order valence-electron chi connectivity index (χ3n) is 2.34. The molecular weight excluding hydrogens is 300 g/mol. The molecule has 0 unspecified atom stereocenters. The Morgan fingerprint density at radius 1 is 1.50 bits per heavy atom. The summed E-state index contributed by atoms with van der Waals surface area (Å²) in [6, 6.07) is 5.45. The Morgan fingerprint density at radius 2 is 2.28 bits per heavy atom. The van der Waals surface area contributed by atoms with E-state index in [2.05, 4.69) is 26.1 Å². The number of aliphatic hydroxyl groups is 1. The van der Waals surface area contributed by atoms with E-state index in [0.29, 0.717) is 23.0 Å². The summed E-state index contributed by atoms with van der Waals surface area (Å²) in [5, 5.41) is 13.4. The summed E-state index contributed by atoms with van der Waals surface area (Å²) in [4.78, 5) is 4.04. The van der Waals surface area contributed by atoms with E-state index in [1.54, 1.807) is 19.9 Å². The monoisotopic (exact) mass is 312 g/mol. The Balaban J connectivity index is 2.13. The van der Waals surface area contributed by atoms with Gasteiger partial charge in [-0.1, -0.05) is 21.1 Å². The molecule has 0 fully saturated rings. The van der Waals surface area contributed by atoms with Crippen molar-refractivity contribution in [3.8, 4) is 5.75 Å². The maximum Gasteiger partial charge on any atom is 0.264 e. The minimum atomic E-state index is -0.609. The first-order chi connectivity index (χ1) is 8.56. The molecule has 0 bridgehead atoms. The molecule has 0 spiro atoms. The number of aromatic nitrogens is 2. The maximum atomic E-state index is 9.68. The lowest BCUT2D eigenvalue weighted by Gasteiger charge is -2.12. The number of ether oxygens (including phenoxy) is 1. The van der Waals surface area contributed by atoms with E-state index in [1.165, 1.54) is 0 Å². The molecule has 1 aromatic heterocycles. The van der Waals surface area contributed by atoms with Crippen molar-refractivity contribution >= 4 is 15.9 Å². The van der Waals surface area contributed by atoms with Gasteiger partial charge in [-0.15, -0.1) is 0 Å². The largest absolute Gasteiger partial charge is 0.483 e. The fourth-order valence-corrected chi connectivity index (χ4v) is 1.89. The highest BCUT2D eigenvalue weighted by molar-refractivity contribution is 9.10. The summed E-state index contributed by atoms with van der Waals surface area (Å²) in [6.45, 7) is 3.61. The lowest BCUT2D eigenvalue weighted by molar-refractivity contribution is 0.185. The van der Waals surface area contributed by atoms with E-state index in [1.807, 2.05) is 12.1 Å². The third-order valence-corrected chi connectivity index (χ3v) is 2.84. The third kappa shape index (κ3) is 3.08. The normalized spacial score (nSPS) is 12.4. The number of hydrogen-bond donors (Lipinski definition) is 1. The molecule has 18 heavy (non-hydrogen) atoms. The number of aryl methyl sites for hydroxylation is 1. The predicted octanol–water partition coefficient (Wildman–Crippen LogP) is 2.77. The van der Waals surface area contributed by atoms with Crippen LogP contribution in [0.15, 0.2) is 27.2 Å². The molecular formula is C12H13BrN2O3. The smallest absolute Gasteiger partial charge is 0.264 e. The molecule has 1 heterocycles. The first-order valence-electron chi connectivity index (χ1n) is 5.46. The minimum Gasteiger partial charge on any atom is -0.483 e. The van der Waals surface area contributed by atoms with E-state index in [9.17, 15) is 5.11 Å². The van der Waals surface area contributed by atoms with Gasteiger partial charge in [0.15, 0.2) is 12.4 Å². The lowest BCUT2D eigenvalue weighted by Crippen LogP contribution is -2.01. The summed E-state index contributed by atoms with van der Waals surface area (Å²) in [6.07, 6.45) is -0.609. The summed E-state index contributed by atoms with van der Waals surface area (Å²) in [5.41, 5.74) is 0.709. The van der Waals surface area contributed by atoms with Gasteiger partial charge in [0.2, 0.25) is 0 Å². The van der Waals surface area contributed by atoms with Crippen molar-refractivity contribution < 1.29 is 14.4 Å². The van der Waals surface area contributed by atoms with Gasteiger partial charge < -0.3 is 14.4 Å². The number of nitrogens with zero attached hydrogens (tertiary/aromatic N) is 2. The molecule has 2 rings (SSSR count). The van der Waals surface area contributed by atoms with Gasteiger partial charge in [-0.2, -0.15) is 4.98 Å². The van der Waals surface area contributed by atoms with Crippen molar-refractivity contribution in [3.05, 3.63) is 40.0 Å². The van der Waals surface area contributed by atoms with Crippen molar-refractivity contribution in [2.75, 3.05) is 0 Å². The zero-order valence-electron chi connectivity index (χ0n) is 10.1. The Labute approximate surface area is 113 Å². The molecule has 5 nitrogen and oxygen atoms in total. The second kappa shape index (κ2) is 5.49. The van der Waals surface area contributed by atoms with Crippen LogP contribution in [0.1, 0.15) is 30.3 Å². The average molecular weight is 313 g/mol. The standard InChI is InChI=1S/C12H13BrN2O3/c1-7(16)10-5-9(13)3-4-11(10)17-6-12-14-8(2)15-18-12/h3-5,7,16H,6H2,1-2H3/t7-/m0/s1. The van der Waals surface area contributed by atoms with Crippen LogP contribution >= 0.6 is 15.9 Å². The van der Waals surface area contributed by atoms with E-state index in [4.69, 9.17) is 9.26 Å². The second-order valence-electron chi connectivity index (χ2n) is 3.88. The topological polar surface area (TPSA) is 68.4 Å². The van der Waals surface area contributed by atoms with Crippen LogP contribution in [0, 0.1) is 6.92 Å². The molecule has 6 heteroatoms. The van der Waals surface area contributed by atoms with Crippen LogP contribution in [0.4, 0.5) is 0 Å². The first-order valence-corrected chi connectivity index (χ1v) is 6.25. The molecule has 0 aliphatic heterocycles. The molecule has 0 aliphatic rings. The maximum absolute atomic E-state index is 9.68. The van der Waals surface area contributed by atoms with Gasteiger partial charge in [0.25, 0.3) is 5.89 Å². The second-order valence-corrected chi connectivity index (χ2v) is 4.80. The van der Waals surface area contributed by atoms with Crippen LogP contribution in [-0.2, 0) is 6.61 Å². The van der Waals surface area contributed by atoms with Crippen LogP contribution in [0.5, 0.6) is 5.75 Å². The highest BCUT2D eigenvalue weighted by Crippen LogP contribution is 2.28. The summed E-state index contributed by atoms with van der Waals surface area (Å²) in [5.74, 6) is 1.58. The quantitative estimate of drug-likeness (QED) is 0.940. The average Bonchev–Trinajstić information content (AvgIpc) is 2.73. The van der Waals surface area contributed by atoms with E-state index >= 15 is 0 Å². The minimum absolute atomic E-state index is 0.183. The number of halogens is 1. The zero-order valence-corrected chi connectivity index (χ0v) is 11.6. The molecule has 1 N–H and O–H groups in total. The van der Waals surface area contributed by atoms with Crippen molar-refractivity contribution in [2.45, 2.75) is 26.6 Å². The molecule has 0 radical (unpaired) electrons. The summed E-state index contributed by atoms with van der Waals surface area (Å²) < 4.78 is 11.4. The van der Waals surface area contributed by atoms with Crippen molar-refractivity contribution in [2.24, 2.45) is 0 Å². The molecule has 2 aromatic rings. The van der Waals surface area contributed by atoms with Gasteiger partial charge >= 0.3 is 0 Å². The fraction of sp³-hybridized carbons (Fsp3) is 0.333. The summed E-state index contributed by atoms with van der Waals surface area (Å²) >= 11 is 3.36. The van der Waals surface area contributed by atoms with Gasteiger partial charge in [0.05, 0.1) is 6.10 Å². The van der Waals surface area contributed by atoms with Crippen LogP contribution in [0.25, 0.3) is 0 Å². The van der Waals surface area contributed by atoms with Gasteiger partial charge in [-0.05, 0) is 32.0 Å². The molecule has 0 aliphatic carbocycles. The van der Waals surface area contributed by atoms with Crippen LogP contribution in [0.2, 0.25) is 0 Å². The van der Waals surface area contributed by atoms with Crippen LogP contribution in [0.3, 0.4) is 0 Å². The van der Waals surface area contributed by atoms with Gasteiger partial charge in [-0.3, -0.25) is 0 Å². The van der Waals surface area contributed by atoms with Gasteiger partial charge in [0, 0.05) is 10.0 Å². The highest BCUT2D eigenvalue weighted by atomic mass is 79.9. The molecule has 1 atom stereocenters. The van der Waals surface area contributed by atoms with E-state index < -0.39 is 6.10 Å². The predicted molar refractivity (Wildman–Crippen MR) is 68.1 cm³/mol. The van der Waals surface area contributed by atoms with Gasteiger partial charge in [0.1, 0.15) is 5.75 Å².